The second kappa shape index (κ2) is 7.67. The molecule has 0 spiro atoms. The Balaban J connectivity index is 1.96. The second-order valence-electron chi connectivity index (χ2n) is 6.33. The van der Waals surface area contributed by atoms with Crippen LogP contribution in [0.3, 0.4) is 0 Å². The Labute approximate surface area is 157 Å². The molecular weight excluding hydrogens is 382 g/mol. The molecular formula is C20H24BrNO3. The minimum Gasteiger partial charge on any atom is -0.496 e. The molecule has 4 nitrogen and oxygen atoms in total. The topological polar surface area (TPSA) is 30.9 Å². The van der Waals surface area contributed by atoms with Crippen LogP contribution < -0.4 is 14.2 Å². The van der Waals surface area contributed by atoms with Crippen molar-refractivity contribution < 1.29 is 14.2 Å². The first kappa shape index (κ1) is 18.1. The van der Waals surface area contributed by atoms with E-state index in [0.29, 0.717) is 6.04 Å². The fraction of sp³-hybridized carbons (Fsp3) is 0.400. The summed E-state index contributed by atoms with van der Waals surface area (Å²) < 4.78 is 17.3. The van der Waals surface area contributed by atoms with Crippen molar-refractivity contribution in [1.82, 2.24) is 4.90 Å². The van der Waals surface area contributed by atoms with E-state index in [1.807, 2.05) is 6.07 Å². The molecule has 0 aromatic heterocycles. The van der Waals surface area contributed by atoms with E-state index < -0.39 is 0 Å². The van der Waals surface area contributed by atoms with Crippen LogP contribution >= 0.6 is 15.9 Å². The number of halogens is 1. The third kappa shape index (κ3) is 3.62. The van der Waals surface area contributed by atoms with Crippen molar-refractivity contribution in [3.05, 3.63) is 51.5 Å². The molecule has 0 unspecified atom stereocenters. The number of hydrogen-bond donors (Lipinski definition) is 0. The molecule has 134 valence electrons. The summed E-state index contributed by atoms with van der Waals surface area (Å²) in [6, 6.07) is 10.8. The van der Waals surface area contributed by atoms with E-state index in [2.05, 4.69) is 52.1 Å². The molecule has 1 aliphatic rings. The summed E-state index contributed by atoms with van der Waals surface area (Å²) in [7, 11) is 7.24. The quantitative estimate of drug-likeness (QED) is 0.743. The van der Waals surface area contributed by atoms with Crippen LogP contribution in [0, 0.1) is 0 Å². The lowest BCUT2D eigenvalue weighted by Crippen LogP contribution is -2.33. The molecule has 1 heterocycles. The number of methoxy groups -OCH3 is 3. The van der Waals surface area contributed by atoms with Gasteiger partial charge < -0.3 is 14.2 Å². The highest BCUT2D eigenvalue weighted by molar-refractivity contribution is 9.10. The summed E-state index contributed by atoms with van der Waals surface area (Å²) in [5, 5.41) is 0. The first-order valence-corrected chi connectivity index (χ1v) is 9.14. The van der Waals surface area contributed by atoms with Crippen LogP contribution in [0.1, 0.15) is 22.7 Å². The summed E-state index contributed by atoms with van der Waals surface area (Å²) in [4.78, 5) is 2.41. The van der Waals surface area contributed by atoms with Crippen molar-refractivity contribution in [3.63, 3.8) is 0 Å². The van der Waals surface area contributed by atoms with Gasteiger partial charge in [-0.3, -0.25) is 4.90 Å². The van der Waals surface area contributed by atoms with Crippen molar-refractivity contribution in [2.24, 2.45) is 0 Å². The highest BCUT2D eigenvalue weighted by Gasteiger charge is 2.27. The van der Waals surface area contributed by atoms with Gasteiger partial charge in [0.05, 0.1) is 25.8 Å². The molecule has 2 aromatic rings. The van der Waals surface area contributed by atoms with E-state index >= 15 is 0 Å². The summed E-state index contributed by atoms with van der Waals surface area (Å²) in [5.74, 6) is 2.45. The SMILES string of the molecule is COc1ccc(C[C@@H]2c3cc(OC)c(OC)cc3CCN2C)cc1Br. The van der Waals surface area contributed by atoms with E-state index in [4.69, 9.17) is 14.2 Å². The molecule has 0 N–H and O–H groups in total. The van der Waals surface area contributed by atoms with Crippen molar-refractivity contribution in [2.75, 3.05) is 34.9 Å². The zero-order valence-electron chi connectivity index (χ0n) is 15.1. The van der Waals surface area contributed by atoms with E-state index in [-0.39, 0.29) is 0 Å². The van der Waals surface area contributed by atoms with E-state index in [0.717, 1.165) is 41.1 Å². The first-order valence-electron chi connectivity index (χ1n) is 8.34. The molecule has 0 radical (unpaired) electrons. The maximum atomic E-state index is 5.52. The predicted octanol–water partition coefficient (Wildman–Crippen LogP) is 4.25. The van der Waals surface area contributed by atoms with Crippen LogP contribution in [-0.2, 0) is 12.8 Å². The number of likely N-dealkylation sites (N-methyl/N-ethyl adjacent to an activating group) is 1. The predicted molar refractivity (Wildman–Crippen MR) is 103 cm³/mol. The normalized spacial score (nSPS) is 17.1. The summed E-state index contributed by atoms with van der Waals surface area (Å²) in [6.45, 7) is 1.03. The average Bonchev–Trinajstić information content (AvgIpc) is 2.63. The number of benzene rings is 2. The second-order valence-corrected chi connectivity index (χ2v) is 7.18. The van der Waals surface area contributed by atoms with Crippen molar-refractivity contribution in [2.45, 2.75) is 18.9 Å². The standard InChI is InChI=1S/C20H24BrNO3/c1-22-8-7-14-11-19(24-3)20(25-4)12-15(14)17(22)10-13-5-6-18(23-2)16(21)9-13/h5-6,9,11-12,17H,7-8,10H2,1-4H3/t17-/m1/s1. The zero-order chi connectivity index (χ0) is 18.0. The molecule has 0 amide bonds. The summed E-state index contributed by atoms with van der Waals surface area (Å²) >= 11 is 3.59. The lowest BCUT2D eigenvalue weighted by Gasteiger charge is -2.35. The Morgan fingerprint density at radius 1 is 1.00 bits per heavy atom. The van der Waals surface area contributed by atoms with E-state index in [1.165, 1.54) is 16.7 Å². The lowest BCUT2D eigenvalue weighted by molar-refractivity contribution is 0.228. The maximum absolute atomic E-state index is 5.52. The highest BCUT2D eigenvalue weighted by atomic mass is 79.9. The van der Waals surface area contributed by atoms with Crippen molar-refractivity contribution >= 4 is 15.9 Å². The average molecular weight is 406 g/mol. The Hall–Kier alpha value is -1.72. The Morgan fingerprint density at radius 3 is 2.32 bits per heavy atom. The van der Waals surface area contributed by atoms with Gasteiger partial charge in [-0.2, -0.15) is 0 Å². The molecule has 0 saturated heterocycles. The van der Waals surface area contributed by atoms with E-state index in [1.54, 1.807) is 21.3 Å². The lowest BCUT2D eigenvalue weighted by atomic mass is 9.88. The van der Waals surface area contributed by atoms with Gasteiger partial charge in [-0.05, 0) is 76.8 Å². The van der Waals surface area contributed by atoms with Gasteiger partial charge in [0.25, 0.3) is 0 Å². The third-order valence-electron chi connectivity index (χ3n) is 4.92. The fourth-order valence-corrected chi connectivity index (χ4v) is 4.07. The number of nitrogens with zero attached hydrogens (tertiary/aromatic N) is 1. The Kier molecular flexibility index (Phi) is 5.54. The minimum absolute atomic E-state index is 0.309. The number of hydrogen-bond acceptors (Lipinski definition) is 4. The zero-order valence-corrected chi connectivity index (χ0v) is 16.7. The van der Waals surface area contributed by atoms with Crippen LogP contribution in [0.2, 0.25) is 0 Å². The molecule has 1 aliphatic heterocycles. The Morgan fingerprint density at radius 2 is 1.68 bits per heavy atom. The molecule has 3 rings (SSSR count). The van der Waals surface area contributed by atoms with Gasteiger partial charge in [-0.15, -0.1) is 0 Å². The minimum atomic E-state index is 0.309. The number of ether oxygens (including phenoxy) is 3. The number of rotatable bonds is 5. The largest absolute Gasteiger partial charge is 0.496 e. The molecule has 0 aliphatic carbocycles. The molecule has 2 aromatic carbocycles. The molecule has 5 heteroatoms. The van der Waals surface area contributed by atoms with Gasteiger partial charge in [0.15, 0.2) is 11.5 Å². The maximum Gasteiger partial charge on any atom is 0.161 e. The number of fused-ring (bicyclic) bond motifs is 1. The molecule has 1 atom stereocenters. The molecule has 0 bridgehead atoms. The van der Waals surface area contributed by atoms with Crippen LogP contribution in [0.4, 0.5) is 0 Å². The first-order chi connectivity index (χ1) is 12.1. The third-order valence-corrected chi connectivity index (χ3v) is 5.54. The summed E-state index contributed by atoms with van der Waals surface area (Å²) in [6.07, 6.45) is 1.95. The van der Waals surface area contributed by atoms with Gasteiger partial charge in [0.1, 0.15) is 5.75 Å². The van der Waals surface area contributed by atoms with Crippen LogP contribution in [0.25, 0.3) is 0 Å². The fourth-order valence-electron chi connectivity index (χ4n) is 3.48. The summed E-state index contributed by atoms with van der Waals surface area (Å²) in [5.41, 5.74) is 3.93. The molecule has 25 heavy (non-hydrogen) atoms. The van der Waals surface area contributed by atoms with Gasteiger partial charge in [0.2, 0.25) is 0 Å². The molecule has 0 saturated carbocycles. The Bertz CT molecular complexity index is 763. The molecule has 0 fully saturated rings. The van der Waals surface area contributed by atoms with Gasteiger partial charge in [-0.1, -0.05) is 6.07 Å². The van der Waals surface area contributed by atoms with Gasteiger partial charge in [0, 0.05) is 12.6 Å². The van der Waals surface area contributed by atoms with Crippen molar-refractivity contribution in [1.29, 1.82) is 0 Å². The van der Waals surface area contributed by atoms with Gasteiger partial charge >= 0.3 is 0 Å². The van der Waals surface area contributed by atoms with E-state index in [9.17, 15) is 0 Å². The monoisotopic (exact) mass is 405 g/mol. The smallest absolute Gasteiger partial charge is 0.161 e. The van der Waals surface area contributed by atoms with Crippen LogP contribution in [0.5, 0.6) is 17.2 Å². The van der Waals surface area contributed by atoms with Crippen LogP contribution in [0.15, 0.2) is 34.8 Å². The van der Waals surface area contributed by atoms with Crippen LogP contribution in [-0.4, -0.2) is 39.8 Å². The van der Waals surface area contributed by atoms with Gasteiger partial charge in [-0.25, -0.2) is 0 Å². The highest BCUT2D eigenvalue weighted by Crippen LogP contribution is 2.39. The van der Waals surface area contributed by atoms with Crippen molar-refractivity contribution in [3.8, 4) is 17.2 Å².